The van der Waals surface area contributed by atoms with Crippen LogP contribution in [-0.4, -0.2) is 45.8 Å². The molecule has 3 rings (SSSR count). The monoisotopic (exact) mass is 466 g/mol. The Bertz CT molecular complexity index is 1260. The number of methoxy groups -OCH3 is 1. The molecular weight excluding hydrogens is 444 g/mol. The average molecular weight is 467 g/mol. The third-order valence-electron chi connectivity index (χ3n) is 4.88. The van der Waals surface area contributed by atoms with Gasteiger partial charge >= 0.3 is 0 Å². The van der Waals surface area contributed by atoms with Crippen LogP contribution in [0.1, 0.15) is 38.9 Å². The number of hydrogen-bond donors (Lipinski definition) is 1. The van der Waals surface area contributed by atoms with E-state index in [9.17, 15) is 13.2 Å². The van der Waals surface area contributed by atoms with E-state index in [2.05, 4.69) is 25.3 Å². The number of anilines is 1. The van der Waals surface area contributed by atoms with Gasteiger partial charge in [0.05, 0.1) is 30.0 Å². The Balaban J connectivity index is 2.02. The summed E-state index contributed by atoms with van der Waals surface area (Å²) in [6.45, 7) is 5.58. The summed E-state index contributed by atoms with van der Waals surface area (Å²) in [5.41, 5.74) is 0.759. The van der Waals surface area contributed by atoms with Gasteiger partial charge in [-0.3, -0.25) is 14.3 Å². The van der Waals surface area contributed by atoms with Crippen molar-refractivity contribution in [3.63, 3.8) is 0 Å². The fraction of sp³-hybridized carbons (Fsp3) is 0.421. The standard InChI is InChI=1S/C19H23ClN6O4S/c1-5-11(3)26-16-14(17(30-4)25-19(20)24-16)23-15(18(26)27)22-9-12-7-8-13(10-21-12)31(28,29)6-2/h7-8,10-11H,5-6,9H2,1-4H3,(H,22,23)/t11-/m1/s1. The quantitative estimate of drug-likeness (QED) is 0.498. The minimum atomic E-state index is -3.33. The minimum absolute atomic E-state index is 0.00361. The van der Waals surface area contributed by atoms with E-state index in [0.29, 0.717) is 17.6 Å². The second-order valence-corrected chi connectivity index (χ2v) is 9.43. The van der Waals surface area contributed by atoms with Gasteiger partial charge in [-0.15, -0.1) is 0 Å². The minimum Gasteiger partial charge on any atom is -0.479 e. The molecule has 0 unspecified atom stereocenters. The maximum atomic E-state index is 13.1. The summed E-state index contributed by atoms with van der Waals surface area (Å²) in [4.78, 5) is 30.1. The number of pyridine rings is 1. The van der Waals surface area contributed by atoms with Crippen molar-refractivity contribution in [3.05, 3.63) is 39.7 Å². The molecule has 3 heterocycles. The molecule has 0 aromatic carbocycles. The average Bonchev–Trinajstić information content (AvgIpc) is 2.77. The van der Waals surface area contributed by atoms with Crippen LogP contribution in [0, 0.1) is 0 Å². The first-order valence-corrected chi connectivity index (χ1v) is 11.7. The van der Waals surface area contributed by atoms with Crippen molar-refractivity contribution in [2.24, 2.45) is 0 Å². The molecular formula is C19H23ClN6O4S. The number of fused-ring (bicyclic) bond motifs is 1. The highest BCUT2D eigenvalue weighted by molar-refractivity contribution is 7.91. The van der Waals surface area contributed by atoms with Gasteiger partial charge in [0.1, 0.15) is 0 Å². The van der Waals surface area contributed by atoms with E-state index in [1.54, 1.807) is 13.0 Å². The Labute approximate surface area is 184 Å². The van der Waals surface area contributed by atoms with Crippen LogP contribution in [0.25, 0.3) is 11.2 Å². The number of rotatable bonds is 8. The van der Waals surface area contributed by atoms with Gasteiger partial charge in [-0.1, -0.05) is 13.8 Å². The van der Waals surface area contributed by atoms with Crippen LogP contribution in [0.5, 0.6) is 5.88 Å². The molecule has 0 aliphatic carbocycles. The number of sulfone groups is 1. The molecule has 0 saturated heterocycles. The lowest BCUT2D eigenvalue weighted by Crippen LogP contribution is -2.28. The first-order valence-electron chi connectivity index (χ1n) is 9.67. The Morgan fingerprint density at radius 1 is 1.23 bits per heavy atom. The molecule has 12 heteroatoms. The van der Waals surface area contributed by atoms with Crippen LogP contribution in [-0.2, 0) is 16.4 Å². The largest absolute Gasteiger partial charge is 0.479 e. The molecule has 1 N–H and O–H groups in total. The van der Waals surface area contributed by atoms with Crippen molar-refractivity contribution >= 4 is 38.4 Å². The van der Waals surface area contributed by atoms with E-state index in [4.69, 9.17) is 16.3 Å². The zero-order valence-electron chi connectivity index (χ0n) is 17.6. The first kappa shape index (κ1) is 22.9. The van der Waals surface area contributed by atoms with Crippen LogP contribution in [0.4, 0.5) is 5.82 Å². The van der Waals surface area contributed by atoms with Gasteiger partial charge in [-0.25, -0.2) is 13.4 Å². The van der Waals surface area contributed by atoms with Crippen molar-refractivity contribution in [1.29, 1.82) is 0 Å². The summed E-state index contributed by atoms with van der Waals surface area (Å²) in [6.07, 6.45) is 1.98. The predicted octanol–water partition coefficient (Wildman–Crippen LogP) is 2.62. The molecule has 0 aliphatic rings. The summed E-state index contributed by atoms with van der Waals surface area (Å²) < 4.78 is 30.6. The third-order valence-corrected chi connectivity index (χ3v) is 6.77. The highest BCUT2D eigenvalue weighted by Gasteiger charge is 2.20. The Hall–Kier alpha value is -2.79. The van der Waals surface area contributed by atoms with Gasteiger partial charge in [0.2, 0.25) is 11.2 Å². The summed E-state index contributed by atoms with van der Waals surface area (Å²) in [6, 6.07) is 2.91. The topological polar surface area (TPSA) is 129 Å². The van der Waals surface area contributed by atoms with Gasteiger partial charge in [-0.05, 0) is 37.1 Å². The summed E-state index contributed by atoms with van der Waals surface area (Å²) >= 11 is 6.00. The lowest BCUT2D eigenvalue weighted by molar-refractivity contribution is 0.400. The molecule has 0 amide bonds. The van der Waals surface area contributed by atoms with Gasteiger partial charge in [0.15, 0.2) is 26.8 Å². The highest BCUT2D eigenvalue weighted by atomic mass is 35.5. The zero-order chi connectivity index (χ0) is 22.8. The molecule has 0 bridgehead atoms. The molecule has 0 radical (unpaired) electrons. The molecule has 3 aromatic heterocycles. The van der Waals surface area contributed by atoms with Crippen LogP contribution in [0.3, 0.4) is 0 Å². The Kier molecular flexibility index (Phi) is 6.75. The van der Waals surface area contributed by atoms with Crippen molar-refractivity contribution < 1.29 is 13.2 Å². The van der Waals surface area contributed by atoms with E-state index >= 15 is 0 Å². The van der Waals surface area contributed by atoms with E-state index in [0.717, 1.165) is 0 Å². The van der Waals surface area contributed by atoms with Crippen LogP contribution < -0.4 is 15.6 Å². The van der Waals surface area contributed by atoms with Crippen LogP contribution in [0.2, 0.25) is 5.28 Å². The molecule has 10 nitrogen and oxygen atoms in total. The maximum Gasteiger partial charge on any atom is 0.295 e. The van der Waals surface area contributed by atoms with Gasteiger partial charge < -0.3 is 10.1 Å². The number of ether oxygens (including phenoxy) is 1. The third kappa shape index (κ3) is 4.62. The summed E-state index contributed by atoms with van der Waals surface area (Å²) in [5, 5.41) is 2.93. The van der Waals surface area contributed by atoms with Crippen molar-refractivity contribution in [2.75, 3.05) is 18.2 Å². The van der Waals surface area contributed by atoms with E-state index in [-0.39, 0.29) is 51.4 Å². The van der Waals surface area contributed by atoms with Crippen LogP contribution in [0.15, 0.2) is 28.0 Å². The van der Waals surface area contributed by atoms with E-state index < -0.39 is 9.84 Å². The predicted molar refractivity (Wildman–Crippen MR) is 117 cm³/mol. The fourth-order valence-electron chi connectivity index (χ4n) is 2.92. The second-order valence-electron chi connectivity index (χ2n) is 6.81. The molecule has 0 spiro atoms. The summed E-state index contributed by atoms with van der Waals surface area (Å²) in [7, 11) is -1.90. The van der Waals surface area contributed by atoms with E-state index in [1.165, 1.54) is 23.9 Å². The summed E-state index contributed by atoms with van der Waals surface area (Å²) in [5.74, 6) is 0.225. The van der Waals surface area contributed by atoms with Gasteiger partial charge in [0, 0.05) is 12.2 Å². The molecule has 0 saturated carbocycles. The first-order chi connectivity index (χ1) is 14.7. The molecule has 31 heavy (non-hydrogen) atoms. The number of hydrogen-bond acceptors (Lipinski definition) is 9. The normalized spacial score (nSPS) is 12.7. The van der Waals surface area contributed by atoms with Crippen molar-refractivity contribution in [2.45, 2.75) is 44.7 Å². The smallest absolute Gasteiger partial charge is 0.295 e. The fourth-order valence-corrected chi connectivity index (χ4v) is 3.90. The number of nitrogens with one attached hydrogen (secondary N) is 1. The van der Waals surface area contributed by atoms with Crippen LogP contribution >= 0.6 is 11.6 Å². The number of aromatic nitrogens is 5. The van der Waals surface area contributed by atoms with Gasteiger partial charge in [-0.2, -0.15) is 9.97 Å². The van der Waals surface area contributed by atoms with Crippen molar-refractivity contribution in [3.8, 4) is 5.88 Å². The lowest BCUT2D eigenvalue weighted by atomic mass is 10.2. The second kappa shape index (κ2) is 9.15. The SMILES string of the molecule is CC[C@@H](C)n1c(=O)c(NCc2ccc(S(=O)(=O)CC)cn2)nc2c(OC)nc(Cl)nc21. The zero-order valence-corrected chi connectivity index (χ0v) is 19.2. The Morgan fingerprint density at radius 3 is 2.55 bits per heavy atom. The molecule has 3 aromatic rings. The molecule has 166 valence electrons. The molecule has 1 atom stereocenters. The number of halogens is 1. The lowest BCUT2D eigenvalue weighted by Gasteiger charge is -2.18. The van der Waals surface area contributed by atoms with Crippen molar-refractivity contribution in [1.82, 2.24) is 24.5 Å². The van der Waals surface area contributed by atoms with Gasteiger partial charge in [0.25, 0.3) is 5.56 Å². The molecule has 0 aliphatic heterocycles. The Morgan fingerprint density at radius 2 is 1.97 bits per heavy atom. The van der Waals surface area contributed by atoms with E-state index in [1.807, 2.05) is 13.8 Å². The molecule has 0 fully saturated rings. The number of nitrogens with zero attached hydrogens (tertiary/aromatic N) is 5. The highest BCUT2D eigenvalue weighted by Crippen LogP contribution is 2.25. The maximum absolute atomic E-state index is 13.1.